The molecule has 0 aromatic heterocycles. The molecule has 4 nitrogen and oxygen atoms in total. The van der Waals surface area contributed by atoms with Crippen LogP contribution in [0.1, 0.15) is 40.2 Å². The number of benzene rings is 1. The molecule has 1 heterocycles. The van der Waals surface area contributed by atoms with Gasteiger partial charge >= 0.3 is 6.09 Å². The zero-order chi connectivity index (χ0) is 17.3. The summed E-state index contributed by atoms with van der Waals surface area (Å²) in [6.07, 6.45) is 3.63. The first kappa shape index (κ1) is 18.0. The molecule has 1 aliphatic rings. The smallest absolute Gasteiger partial charge is 0.413 e. The van der Waals surface area contributed by atoms with E-state index in [2.05, 4.69) is 15.9 Å². The zero-order valence-electron chi connectivity index (χ0n) is 14.3. The van der Waals surface area contributed by atoms with Crippen LogP contribution in [-0.4, -0.2) is 35.0 Å². The molecular formula is C18H24BrNO3. The molecule has 0 N–H and O–H groups in total. The van der Waals surface area contributed by atoms with E-state index in [4.69, 9.17) is 9.47 Å². The van der Waals surface area contributed by atoms with Gasteiger partial charge in [-0.15, -0.1) is 0 Å². The van der Waals surface area contributed by atoms with Crippen molar-refractivity contribution in [2.75, 3.05) is 6.61 Å². The van der Waals surface area contributed by atoms with E-state index in [-0.39, 0.29) is 12.1 Å². The normalized spacial score (nSPS) is 21.0. The van der Waals surface area contributed by atoms with Crippen LogP contribution in [0.3, 0.4) is 0 Å². The van der Waals surface area contributed by atoms with E-state index in [1.165, 1.54) is 0 Å². The third-order valence-corrected chi connectivity index (χ3v) is 4.02. The summed E-state index contributed by atoms with van der Waals surface area (Å²) >= 11 is 3.42. The molecular weight excluding hydrogens is 358 g/mol. The Morgan fingerprint density at radius 2 is 1.96 bits per heavy atom. The fourth-order valence-corrected chi connectivity index (χ4v) is 2.70. The van der Waals surface area contributed by atoms with Crippen molar-refractivity contribution in [3.8, 4) is 0 Å². The van der Waals surface area contributed by atoms with Crippen LogP contribution < -0.4 is 0 Å². The van der Waals surface area contributed by atoms with Gasteiger partial charge in [0.1, 0.15) is 11.3 Å². The summed E-state index contributed by atoms with van der Waals surface area (Å²) in [6, 6.07) is 7.85. The molecule has 5 heteroatoms. The monoisotopic (exact) mass is 381 g/mol. The lowest BCUT2D eigenvalue weighted by Gasteiger charge is -2.34. The molecule has 1 unspecified atom stereocenters. The Kier molecular flexibility index (Phi) is 5.21. The quantitative estimate of drug-likeness (QED) is 0.735. The predicted molar refractivity (Wildman–Crippen MR) is 95.1 cm³/mol. The van der Waals surface area contributed by atoms with Gasteiger partial charge in [-0.25, -0.2) is 4.79 Å². The highest BCUT2D eigenvalue weighted by atomic mass is 79.9. The minimum atomic E-state index is -0.683. The number of carbonyl (C=O) groups is 1. The van der Waals surface area contributed by atoms with Crippen molar-refractivity contribution < 1.29 is 14.3 Å². The van der Waals surface area contributed by atoms with Gasteiger partial charge in [0.15, 0.2) is 0 Å². The third kappa shape index (κ3) is 4.82. The molecule has 1 aromatic rings. The molecule has 23 heavy (non-hydrogen) atoms. The maximum absolute atomic E-state index is 12.5. The third-order valence-electron chi connectivity index (χ3n) is 3.49. The van der Waals surface area contributed by atoms with Crippen molar-refractivity contribution in [3.63, 3.8) is 0 Å². The van der Waals surface area contributed by atoms with E-state index in [9.17, 15) is 4.79 Å². The summed E-state index contributed by atoms with van der Waals surface area (Å²) in [5, 5.41) is 0. The van der Waals surface area contributed by atoms with Crippen LogP contribution >= 0.6 is 15.9 Å². The lowest BCUT2D eigenvalue weighted by Crippen LogP contribution is -2.49. The van der Waals surface area contributed by atoms with E-state index < -0.39 is 11.3 Å². The Labute approximate surface area is 146 Å². The van der Waals surface area contributed by atoms with Crippen molar-refractivity contribution in [1.29, 1.82) is 0 Å². The second-order valence-corrected chi connectivity index (χ2v) is 8.00. The molecule has 0 radical (unpaired) electrons. The summed E-state index contributed by atoms with van der Waals surface area (Å²) in [6.45, 7) is 9.80. The molecule has 1 saturated heterocycles. The van der Waals surface area contributed by atoms with Crippen LogP contribution in [0.5, 0.6) is 0 Å². The standard InChI is InChI=1S/C18H24BrNO3/c1-17(2,3)23-16(21)20-15(12-22-18(20,4)5)11-8-13-6-9-14(19)10-7-13/h6-11,15H,12H2,1-5H3. The first-order valence-electron chi connectivity index (χ1n) is 7.68. The first-order chi connectivity index (χ1) is 10.6. The molecule has 1 aliphatic heterocycles. The van der Waals surface area contributed by atoms with Crippen LogP contribution in [0.2, 0.25) is 0 Å². The molecule has 0 spiro atoms. The van der Waals surface area contributed by atoms with Crippen molar-refractivity contribution in [3.05, 3.63) is 40.4 Å². The highest BCUT2D eigenvalue weighted by Crippen LogP contribution is 2.30. The number of carbonyl (C=O) groups excluding carboxylic acids is 1. The largest absolute Gasteiger partial charge is 0.444 e. The molecule has 1 fully saturated rings. The van der Waals surface area contributed by atoms with Crippen LogP contribution in [0.4, 0.5) is 4.79 Å². The average Bonchev–Trinajstić information content (AvgIpc) is 2.71. The number of ether oxygens (including phenoxy) is 2. The van der Waals surface area contributed by atoms with Crippen LogP contribution in [0.25, 0.3) is 6.08 Å². The minimum absolute atomic E-state index is 0.150. The summed E-state index contributed by atoms with van der Waals surface area (Å²) in [4.78, 5) is 14.2. The highest BCUT2D eigenvalue weighted by molar-refractivity contribution is 9.10. The lowest BCUT2D eigenvalue weighted by molar-refractivity contribution is -0.0610. The number of nitrogens with zero attached hydrogens (tertiary/aromatic N) is 1. The van der Waals surface area contributed by atoms with Crippen molar-refractivity contribution in [2.24, 2.45) is 0 Å². The molecule has 0 aliphatic carbocycles. The zero-order valence-corrected chi connectivity index (χ0v) is 15.9. The second kappa shape index (κ2) is 6.65. The van der Waals surface area contributed by atoms with Crippen molar-refractivity contribution in [1.82, 2.24) is 4.90 Å². The van der Waals surface area contributed by atoms with E-state index >= 15 is 0 Å². The Bertz CT molecular complexity index is 587. The predicted octanol–water partition coefficient (Wildman–Crippen LogP) is 4.83. The van der Waals surface area contributed by atoms with E-state index in [0.29, 0.717) is 6.61 Å². The molecule has 1 atom stereocenters. The summed E-state index contributed by atoms with van der Waals surface area (Å²) in [7, 11) is 0. The van der Waals surface area contributed by atoms with Crippen LogP contribution in [0, 0.1) is 0 Å². The molecule has 2 rings (SSSR count). The molecule has 1 amide bonds. The van der Waals surface area contributed by atoms with Gasteiger partial charge in [-0.2, -0.15) is 0 Å². The number of amides is 1. The van der Waals surface area contributed by atoms with Gasteiger partial charge in [0, 0.05) is 4.47 Å². The summed E-state index contributed by atoms with van der Waals surface area (Å²) < 4.78 is 12.3. The number of rotatable bonds is 2. The fraction of sp³-hybridized carbons (Fsp3) is 0.500. The molecule has 1 aromatic carbocycles. The summed E-state index contributed by atoms with van der Waals surface area (Å²) in [5.41, 5.74) is -0.144. The molecule has 0 saturated carbocycles. The maximum Gasteiger partial charge on any atom is 0.413 e. The van der Waals surface area contributed by atoms with Crippen LogP contribution in [-0.2, 0) is 9.47 Å². The SMILES string of the molecule is CC(C)(C)OC(=O)N1C(C=Cc2ccc(Br)cc2)COC1(C)C. The van der Waals surface area contributed by atoms with Gasteiger partial charge in [0.25, 0.3) is 0 Å². The number of hydrogen-bond donors (Lipinski definition) is 0. The van der Waals surface area contributed by atoms with Crippen molar-refractivity contribution >= 4 is 28.1 Å². The average molecular weight is 382 g/mol. The summed E-state index contributed by atoms with van der Waals surface area (Å²) in [5.74, 6) is 0. The van der Waals surface area contributed by atoms with E-state index in [1.807, 2.05) is 71.0 Å². The maximum atomic E-state index is 12.5. The van der Waals surface area contributed by atoms with E-state index in [1.54, 1.807) is 4.90 Å². The molecule has 126 valence electrons. The Balaban J connectivity index is 2.16. The van der Waals surface area contributed by atoms with Crippen LogP contribution in [0.15, 0.2) is 34.8 Å². The second-order valence-electron chi connectivity index (χ2n) is 7.09. The Morgan fingerprint density at radius 1 is 1.35 bits per heavy atom. The highest BCUT2D eigenvalue weighted by Gasteiger charge is 2.44. The topological polar surface area (TPSA) is 38.8 Å². The van der Waals surface area contributed by atoms with Gasteiger partial charge in [0.2, 0.25) is 0 Å². The van der Waals surface area contributed by atoms with Crippen molar-refractivity contribution in [2.45, 2.75) is 52.0 Å². The number of halogens is 1. The Morgan fingerprint density at radius 3 is 2.52 bits per heavy atom. The Hall–Kier alpha value is -1.33. The first-order valence-corrected chi connectivity index (χ1v) is 8.48. The number of hydrogen-bond acceptors (Lipinski definition) is 3. The minimum Gasteiger partial charge on any atom is -0.444 e. The van der Waals surface area contributed by atoms with Gasteiger partial charge in [-0.1, -0.05) is 40.2 Å². The van der Waals surface area contributed by atoms with Gasteiger partial charge in [-0.3, -0.25) is 4.90 Å². The fourth-order valence-electron chi connectivity index (χ4n) is 2.44. The van der Waals surface area contributed by atoms with Gasteiger partial charge < -0.3 is 9.47 Å². The van der Waals surface area contributed by atoms with E-state index in [0.717, 1.165) is 10.0 Å². The van der Waals surface area contributed by atoms with Gasteiger partial charge in [-0.05, 0) is 52.3 Å². The van der Waals surface area contributed by atoms with Gasteiger partial charge in [0.05, 0.1) is 12.6 Å². The molecule has 0 bridgehead atoms. The lowest BCUT2D eigenvalue weighted by atomic mass is 10.1.